The largest absolute Gasteiger partial charge is 0.348 e. The molecule has 0 aliphatic heterocycles. The Morgan fingerprint density at radius 1 is 1.31 bits per heavy atom. The van der Waals surface area contributed by atoms with Gasteiger partial charge in [0.25, 0.3) is 0 Å². The van der Waals surface area contributed by atoms with Gasteiger partial charge in [0.15, 0.2) is 0 Å². The van der Waals surface area contributed by atoms with Gasteiger partial charge in [0.05, 0.1) is 0 Å². The number of anilines is 1. The van der Waals surface area contributed by atoms with E-state index in [9.17, 15) is 0 Å². The van der Waals surface area contributed by atoms with Gasteiger partial charge in [-0.15, -0.1) is 0 Å². The quantitative estimate of drug-likeness (QED) is 0.512. The van der Waals surface area contributed by atoms with E-state index in [0.29, 0.717) is 0 Å². The van der Waals surface area contributed by atoms with Gasteiger partial charge in [-0.05, 0) is 31.2 Å². The maximum atomic E-state index is 5.33. The molecule has 1 heterocycles. The summed E-state index contributed by atoms with van der Waals surface area (Å²) in [5.41, 5.74) is 6.07. The van der Waals surface area contributed by atoms with E-state index in [1.54, 1.807) is 0 Å². The van der Waals surface area contributed by atoms with Crippen molar-refractivity contribution in [2.24, 2.45) is 12.9 Å². The Kier molecular flexibility index (Phi) is 1.74. The molecular weight excluding hydrogens is 162 g/mol. The van der Waals surface area contributed by atoms with Gasteiger partial charge in [0.2, 0.25) is 0 Å². The number of benzene rings is 1. The van der Waals surface area contributed by atoms with Gasteiger partial charge >= 0.3 is 0 Å². The Morgan fingerprint density at radius 2 is 2.08 bits per heavy atom. The number of aryl methyl sites for hydroxylation is 2. The third-order valence-electron chi connectivity index (χ3n) is 2.45. The molecule has 0 spiro atoms. The zero-order valence-electron chi connectivity index (χ0n) is 7.83. The number of hydrogen-bond donors (Lipinski definition) is 2. The van der Waals surface area contributed by atoms with Crippen molar-refractivity contribution in [3.8, 4) is 0 Å². The molecule has 3 N–H and O–H groups in total. The number of nitrogens with one attached hydrogen (secondary N) is 1. The van der Waals surface area contributed by atoms with Crippen LogP contribution in [0.4, 0.5) is 5.69 Å². The number of nitrogens with two attached hydrogens (primary N) is 1. The second kappa shape index (κ2) is 2.78. The topological polar surface area (TPSA) is 43.0 Å². The van der Waals surface area contributed by atoms with Gasteiger partial charge in [-0.25, -0.2) is 0 Å². The lowest BCUT2D eigenvalue weighted by molar-refractivity contribution is 0.918. The van der Waals surface area contributed by atoms with Crippen LogP contribution in [-0.4, -0.2) is 4.57 Å². The number of nitrogen functional groups attached to an aromatic ring is 1. The Bertz CT molecular complexity index is 443. The third-order valence-corrected chi connectivity index (χ3v) is 2.45. The zero-order valence-corrected chi connectivity index (χ0v) is 7.83. The number of hydrazine groups is 1. The summed E-state index contributed by atoms with van der Waals surface area (Å²) in [6, 6.07) is 8.23. The minimum absolute atomic E-state index is 0.943. The monoisotopic (exact) mass is 175 g/mol. The predicted octanol–water partition coefficient (Wildman–Crippen LogP) is 1.77. The molecular formula is C10H13N3. The average molecular weight is 175 g/mol. The molecule has 2 rings (SSSR count). The number of aromatic nitrogens is 1. The SMILES string of the molecule is Cc1cc2cc(NN)ccc2n1C. The molecule has 0 amide bonds. The molecule has 0 atom stereocenters. The lowest BCUT2D eigenvalue weighted by Gasteiger charge is -2.01. The van der Waals surface area contributed by atoms with Crippen LogP contribution in [0.15, 0.2) is 24.3 Å². The maximum absolute atomic E-state index is 5.33. The Labute approximate surface area is 77.1 Å². The summed E-state index contributed by atoms with van der Waals surface area (Å²) in [5, 5.41) is 1.22. The van der Waals surface area contributed by atoms with Crippen molar-refractivity contribution in [2.75, 3.05) is 5.43 Å². The fraction of sp³-hybridized carbons (Fsp3) is 0.200. The van der Waals surface area contributed by atoms with Gasteiger partial charge in [0, 0.05) is 29.3 Å². The smallest absolute Gasteiger partial charge is 0.0492 e. The first-order chi connectivity index (χ1) is 6.22. The summed E-state index contributed by atoms with van der Waals surface area (Å²) in [5.74, 6) is 5.33. The minimum Gasteiger partial charge on any atom is -0.348 e. The minimum atomic E-state index is 0.943. The molecule has 3 nitrogen and oxygen atoms in total. The van der Waals surface area contributed by atoms with E-state index in [-0.39, 0.29) is 0 Å². The van der Waals surface area contributed by atoms with E-state index < -0.39 is 0 Å². The fourth-order valence-electron chi connectivity index (χ4n) is 1.58. The van der Waals surface area contributed by atoms with E-state index in [4.69, 9.17) is 5.84 Å². The molecule has 1 aromatic carbocycles. The first-order valence-corrected chi connectivity index (χ1v) is 4.25. The Morgan fingerprint density at radius 3 is 2.77 bits per heavy atom. The zero-order chi connectivity index (χ0) is 9.42. The summed E-state index contributed by atoms with van der Waals surface area (Å²) in [4.78, 5) is 0. The molecule has 0 aliphatic rings. The first-order valence-electron chi connectivity index (χ1n) is 4.25. The lowest BCUT2D eigenvalue weighted by Crippen LogP contribution is -2.06. The molecule has 68 valence electrons. The molecule has 13 heavy (non-hydrogen) atoms. The van der Waals surface area contributed by atoms with E-state index in [2.05, 4.69) is 36.1 Å². The van der Waals surface area contributed by atoms with Crippen molar-refractivity contribution in [1.29, 1.82) is 0 Å². The summed E-state index contributed by atoms with van der Waals surface area (Å²) in [6.45, 7) is 2.09. The van der Waals surface area contributed by atoms with Crippen LogP contribution in [0.5, 0.6) is 0 Å². The molecule has 0 fully saturated rings. The second-order valence-corrected chi connectivity index (χ2v) is 3.26. The molecule has 1 aromatic heterocycles. The molecule has 0 aliphatic carbocycles. The van der Waals surface area contributed by atoms with Crippen molar-refractivity contribution in [1.82, 2.24) is 4.57 Å². The summed E-state index contributed by atoms with van der Waals surface area (Å²) < 4.78 is 2.16. The summed E-state index contributed by atoms with van der Waals surface area (Å²) >= 11 is 0. The van der Waals surface area contributed by atoms with Crippen LogP contribution in [-0.2, 0) is 7.05 Å². The van der Waals surface area contributed by atoms with Gasteiger partial charge in [-0.1, -0.05) is 0 Å². The first kappa shape index (κ1) is 8.13. The second-order valence-electron chi connectivity index (χ2n) is 3.26. The normalized spacial score (nSPS) is 10.7. The Balaban J connectivity index is 2.73. The summed E-state index contributed by atoms with van der Waals surface area (Å²) in [7, 11) is 2.06. The van der Waals surface area contributed by atoms with Crippen LogP contribution in [0, 0.1) is 6.92 Å². The molecule has 0 radical (unpaired) electrons. The van der Waals surface area contributed by atoms with Gasteiger partial charge in [-0.3, -0.25) is 5.84 Å². The summed E-state index contributed by atoms with van der Waals surface area (Å²) in [6.07, 6.45) is 0. The molecule has 0 saturated carbocycles. The standard InChI is InChI=1S/C10H13N3/c1-7-5-8-6-9(12-11)3-4-10(8)13(7)2/h3-6,12H,11H2,1-2H3. The van der Waals surface area contributed by atoms with Crippen molar-refractivity contribution >= 4 is 16.6 Å². The van der Waals surface area contributed by atoms with Gasteiger partial charge < -0.3 is 9.99 Å². The van der Waals surface area contributed by atoms with Crippen LogP contribution in [0.3, 0.4) is 0 Å². The highest BCUT2D eigenvalue weighted by atomic mass is 15.2. The highest BCUT2D eigenvalue weighted by Gasteiger charge is 2.01. The van der Waals surface area contributed by atoms with Crippen molar-refractivity contribution < 1.29 is 0 Å². The highest BCUT2D eigenvalue weighted by Crippen LogP contribution is 2.21. The van der Waals surface area contributed by atoms with Crippen LogP contribution in [0.1, 0.15) is 5.69 Å². The van der Waals surface area contributed by atoms with E-state index in [1.165, 1.54) is 16.6 Å². The van der Waals surface area contributed by atoms with Crippen LogP contribution in [0.25, 0.3) is 10.9 Å². The predicted molar refractivity (Wildman–Crippen MR) is 55.5 cm³/mol. The molecule has 0 bridgehead atoms. The van der Waals surface area contributed by atoms with Gasteiger partial charge in [-0.2, -0.15) is 0 Å². The Hall–Kier alpha value is -1.48. The third kappa shape index (κ3) is 1.17. The lowest BCUT2D eigenvalue weighted by atomic mass is 10.2. The van der Waals surface area contributed by atoms with Crippen LogP contribution in [0.2, 0.25) is 0 Å². The number of nitrogens with zero attached hydrogens (tertiary/aromatic N) is 1. The molecule has 0 unspecified atom stereocenters. The van der Waals surface area contributed by atoms with E-state index in [0.717, 1.165) is 5.69 Å². The number of hydrogen-bond acceptors (Lipinski definition) is 2. The van der Waals surface area contributed by atoms with E-state index in [1.807, 2.05) is 12.1 Å². The average Bonchev–Trinajstić information content (AvgIpc) is 2.42. The molecule has 0 saturated heterocycles. The van der Waals surface area contributed by atoms with Crippen LogP contribution < -0.4 is 11.3 Å². The van der Waals surface area contributed by atoms with E-state index >= 15 is 0 Å². The van der Waals surface area contributed by atoms with Crippen molar-refractivity contribution in [2.45, 2.75) is 6.92 Å². The van der Waals surface area contributed by atoms with Crippen molar-refractivity contribution in [3.63, 3.8) is 0 Å². The molecule has 2 aromatic rings. The maximum Gasteiger partial charge on any atom is 0.0492 e. The molecule has 3 heteroatoms. The fourth-order valence-corrected chi connectivity index (χ4v) is 1.58. The van der Waals surface area contributed by atoms with Crippen molar-refractivity contribution in [3.05, 3.63) is 30.0 Å². The van der Waals surface area contributed by atoms with Crippen LogP contribution >= 0.6 is 0 Å². The number of rotatable bonds is 1. The number of fused-ring (bicyclic) bond motifs is 1. The van der Waals surface area contributed by atoms with Gasteiger partial charge in [0.1, 0.15) is 0 Å². The highest BCUT2D eigenvalue weighted by molar-refractivity contribution is 5.84.